The molecule has 0 bridgehead atoms. The molecule has 228 valence electrons. The van der Waals surface area contributed by atoms with Gasteiger partial charge in [0.25, 0.3) is 5.91 Å². The molecule has 4 heterocycles. The van der Waals surface area contributed by atoms with Gasteiger partial charge in [0.05, 0.1) is 34.1 Å². The number of nitrogens with one attached hydrogen (secondary N) is 2. The molecule has 2 aromatic heterocycles. The van der Waals surface area contributed by atoms with Crippen molar-refractivity contribution in [1.82, 2.24) is 15.2 Å². The quantitative estimate of drug-likeness (QED) is 0.193. The zero-order valence-electron chi connectivity index (χ0n) is 24.7. The number of piperidine rings is 1. The van der Waals surface area contributed by atoms with Gasteiger partial charge in [-0.1, -0.05) is 24.3 Å². The normalized spacial score (nSPS) is 19.1. The van der Waals surface area contributed by atoms with Gasteiger partial charge in [-0.25, -0.2) is 9.78 Å². The van der Waals surface area contributed by atoms with Crippen molar-refractivity contribution in [3.63, 3.8) is 0 Å². The molecule has 2 aliphatic heterocycles. The van der Waals surface area contributed by atoms with E-state index >= 15 is 0 Å². The second-order valence-electron chi connectivity index (χ2n) is 11.7. The third-order valence-electron chi connectivity index (χ3n) is 8.42. The summed E-state index contributed by atoms with van der Waals surface area (Å²) in [5, 5.41) is 27.3. The van der Waals surface area contributed by atoms with Crippen LogP contribution in [0.3, 0.4) is 0 Å². The molecule has 3 aliphatic rings. The SMILES string of the molecule is Cc1cc(Oc2ccccc2)ccc1N1C(=O)Nc2c(C(=O)N[C@@H]3CCCN(C(O)/C(C#N)=C/C4CC4)C3)sc3nccc1c23. The van der Waals surface area contributed by atoms with E-state index in [-0.39, 0.29) is 18.0 Å². The van der Waals surface area contributed by atoms with Gasteiger partial charge in [0, 0.05) is 25.3 Å². The minimum absolute atomic E-state index is 0.221. The molecule has 45 heavy (non-hydrogen) atoms. The number of benzene rings is 2. The van der Waals surface area contributed by atoms with E-state index in [0.29, 0.717) is 62.5 Å². The number of nitriles is 1. The molecule has 1 saturated carbocycles. The monoisotopic (exact) mass is 620 g/mol. The number of aryl methyl sites for hydroxylation is 1. The number of para-hydroxylation sites is 1. The zero-order chi connectivity index (χ0) is 31.1. The number of urea groups is 1. The van der Waals surface area contributed by atoms with E-state index in [4.69, 9.17) is 4.74 Å². The van der Waals surface area contributed by atoms with Crippen LogP contribution in [0.2, 0.25) is 0 Å². The van der Waals surface area contributed by atoms with Crippen LogP contribution in [0.25, 0.3) is 10.2 Å². The summed E-state index contributed by atoms with van der Waals surface area (Å²) in [6.07, 6.45) is 6.16. The molecule has 3 N–H and O–H groups in total. The summed E-state index contributed by atoms with van der Waals surface area (Å²) >= 11 is 1.24. The Morgan fingerprint density at radius 3 is 2.76 bits per heavy atom. The first-order chi connectivity index (χ1) is 21.9. The summed E-state index contributed by atoms with van der Waals surface area (Å²) in [6, 6.07) is 18.4. The molecule has 0 radical (unpaired) electrons. The molecule has 4 aromatic rings. The van der Waals surface area contributed by atoms with E-state index in [0.717, 1.165) is 37.0 Å². The number of carbonyl (C=O) groups is 2. The summed E-state index contributed by atoms with van der Waals surface area (Å²) in [6.45, 7) is 2.99. The van der Waals surface area contributed by atoms with Gasteiger partial charge >= 0.3 is 6.03 Å². The van der Waals surface area contributed by atoms with Crippen LogP contribution in [0.15, 0.2) is 72.4 Å². The Balaban J connectivity index is 1.12. The lowest BCUT2D eigenvalue weighted by atomic mass is 10.0. The summed E-state index contributed by atoms with van der Waals surface area (Å²) in [7, 11) is 0. The highest BCUT2D eigenvalue weighted by Crippen LogP contribution is 2.46. The molecule has 11 heteroatoms. The average molecular weight is 621 g/mol. The number of ether oxygens (including phenoxy) is 1. The van der Waals surface area contributed by atoms with Crippen molar-refractivity contribution in [2.24, 2.45) is 5.92 Å². The maximum atomic E-state index is 13.7. The molecule has 2 atom stereocenters. The molecular weight excluding hydrogens is 588 g/mol. The van der Waals surface area contributed by atoms with Crippen LogP contribution in [-0.4, -0.2) is 52.3 Å². The highest BCUT2D eigenvalue weighted by atomic mass is 32.1. The smallest absolute Gasteiger partial charge is 0.331 e. The maximum absolute atomic E-state index is 13.7. The standard InChI is InChI=1S/C34H32N6O4S/c1-20-16-25(44-24-7-3-2-4-8-24)11-12-26(20)40-27-13-14-36-32-28(27)29(38-34(40)43)30(45-32)31(41)37-23-6-5-15-39(19-23)33(42)22(18-35)17-21-9-10-21/h2-4,7-8,11-14,16-17,21,23,33,42H,5-6,9-10,15,19H2,1H3,(H,37,41)(H,38,43)/b22-17+/t23-,33?/m1/s1. The lowest BCUT2D eigenvalue weighted by Crippen LogP contribution is -2.51. The van der Waals surface area contributed by atoms with Crippen LogP contribution in [-0.2, 0) is 0 Å². The van der Waals surface area contributed by atoms with Gasteiger partial charge in [0.15, 0.2) is 0 Å². The van der Waals surface area contributed by atoms with Crippen LogP contribution in [0.1, 0.15) is 40.9 Å². The minimum atomic E-state index is -0.986. The Morgan fingerprint density at radius 1 is 1.18 bits per heavy atom. The van der Waals surface area contributed by atoms with Gasteiger partial charge in [-0.3, -0.25) is 14.6 Å². The van der Waals surface area contributed by atoms with E-state index in [2.05, 4.69) is 21.7 Å². The van der Waals surface area contributed by atoms with Crippen LogP contribution < -0.4 is 20.3 Å². The molecule has 1 saturated heterocycles. The predicted molar refractivity (Wildman–Crippen MR) is 173 cm³/mol. The molecule has 2 aromatic carbocycles. The van der Waals surface area contributed by atoms with E-state index in [1.165, 1.54) is 11.3 Å². The number of thiophene rings is 1. The Hall–Kier alpha value is -4.76. The largest absolute Gasteiger partial charge is 0.457 e. The highest BCUT2D eigenvalue weighted by molar-refractivity contribution is 7.21. The van der Waals surface area contributed by atoms with Crippen LogP contribution in [0.4, 0.5) is 21.9 Å². The van der Waals surface area contributed by atoms with Crippen LogP contribution >= 0.6 is 11.3 Å². The number of nitrogens with zero attached hydrogens (tertiary/aromatic N) is 4. The maximum Gasteiger partial charge on any atom is 0.331 e. The first-order valence-corrected chi connectivity index (χ1v) is 15.9. The third-order valence-corrected chi connectivity index (χ3v) is 9.52. The molecule has 10 nitrogen and oxygen atoms in total. The van der Waals surface area contributed by atoms with Crippen LogP contribution in [0, 0.1) is 24.2 Å². The average Bonchev–Trinajstić information content (AvgIpc) is 3.80. The van der Waals surface area contributed by atoms with Crippen molar-refractivity contribution in [3.8, 4) is 17.6 Å². The van der Waals surface area contributed by atoms with Gasteiger partial charge in [0.1, 0.15) is 27.4 Å². The number of aliphatic hydroxyl groups excluding tert-OH is 1. The van der Waals surface area contributed by atoms with Gasteiger partial charge in [-0.05, 0) is 80.5 Å². The number of amides is 3. The molecule has 1 aliphatic carbocycles. The number of pyridine rings is 1. The fourth-order valence-electron chi connectivity index (χ4n) is 6.04. The Kier molecular flexibility index (Phi) is 7.71. The number of rotatable bonds is 8. The molecule has 0 spiro atoms. The van der Waals surface area contributed by atoms with Crippen molar-refractivity contribution in [3.05, 3.63) is 82.9 Å². The minimum Gasteiger partial charge on any atom is -0.457 e. The molecule has 3 amide bonds. The number of aromatic nitrogens is 1. The lowest BCUT2D eigenvalue weighted by molar-refractivity contribution is 0.0130. The van der Waals surface area contributed by atoms with Crippen molar-refractivity contribution in [1.29, 1.82) is 5.26 Å². The lowest BCUT2D eigenvalue weighted by Gasteiger charge is -2.36. The fourth-order valence-corrected chi connectivity index (χ4v) is 7.06. The van der Waals surface area contributed by atoms with Crippen molar-refractivity contribution >= 4 is 50.6 Å². The first kappa shape index (κ1) is 29.0. The number of aliphatic hydroxyl groups is 1. The summed E-state index contributed by atoms with van der Waals surface area (Å²) in [5.41, 5.74) is 3.00. The van der Waals surface area contributed by atoms with Crippen molar-refractivity contribution < 1.29 is 19.4 Å². The Labute approximate surface area is 264 Å². The molecule has 2 fully saturated rings. The van der Waals surface area contributed by atoms with E-state index in [9.17, 15) is 20.0 Å². The number of hydrogen-bond donors (Lipinski definition) is 3. The van der Waals surface area contributed by atoms with E-state index in [1.54, 1.807) is 17.2 Å². The molecular formula is C34H32N6O4S. The predicted octanol–water partition coefficient (Wildman–Crippen LogP) is 6.45. The number of allylic oxidation sites excluding steroid dienone is 1. The molecule has 1 unspecified atom stereocenters. The van der Waals surface area contributed by atoms with Gasteiger partial charge in [-0.2, -0.15) is 5.26 Å². The van der Waals surface area contributed by atoms with Crippen molar-refractivity contribution in [2.75, 3.05) is 23.3 Å². The van der Waals surface area contributed by atoms with Crippen molar-refractivity contribution in [2.45, 2.75) is 44.9 Å². The number of hydrogen-bond acceptors (Lipinski definition) is 8. The first-order valence-electron chi connectivity index (χ1n) is 15.1. The topological polar surface area (TPSA) is 131 Å². The number of anilines is 3. The van der Waals surface area contributed by atoms with E-state index in [1.807, 2.05) is 66.4 Å². The summed E-state index contributed by atoms with van der Waals surface area (Å²) in [4.78, 5) is 36.3. The summed E-state index contributed by atoms with van der Waals surface area (Å²) < 4.78 is 5.98. The fraction of sp³-hybridized carbons (Fsp3) is 0.294. The van der Waals surface area contributed by atoms with Crippen LogP contribution in [0.5, 0.6) is 11.5 Å². The highest BCUT2D eigenvalue weighted by Gasteiger charge is 2.35. The molecule has 7 rings (SSSR count). The Morgan fingerprint density at radius 2 is 2.00 bits per heavy atom. The van der Waals surface area contributed by atoms with Gasteiger partial charge in [-0.15, -0.1) is 11.3 Å². The van der Waals surface area contributed by atoms with E-state index < -0.39 is 6.23 Å². The third kappa shape index (κ3) is 5.76. The number of carbonyl (C=O) groups excluding carboxylic acids is 2. The number of likely N-dealkylation sites (tertiary alicyclic amines) is 1. The summed E-state index contributed by atoms with van der Waals surface area (Å²) in [5.74, 6) is 1.45. The second-order valence-corrected chi connectivity index (χ2v) is 12.7. The van der Waals surface area contributed by atoms with Gasteiger partial charge < -0.3 is 20.5 Å². The zero-order valence-corrected chi connectivity index (χ0v) is 25.5. The Bertz CT molecular complexity index is 1860. The van der Waals surface area contributed by atoms with Gasteiger partial charge in [0.2, 0.25) is 0 Å². The second kappa shape index (κ2) is 12.0.